The first-order valence-corrected chi connectivity index (χ1v) is 4.92. The monoisotopic (exact) mass is 206 g/mol. The summed E-state index contributed by atoms with van der Waals surface area (Å²) in [5.41, 5.74) is 11.8. The molecule has 1 fully saturated rings. The zero-order valence-corrected chi connectivity index (χ0v) is 8.39. The maximum Gasteiger partial charge on any atom is 0.227 e. The number of nitrogens with two attached hydrogens (primary N) is 2. The fourth-order valence-corrected chi connectivity index (χ4v) is 1.75. The third-order valence-electron chi connectivity index (χ3n) is 2.62. The minimum Gasteiger partial charge on any atom is -0.384 e. The Morgan fingerprint density at radius 3 is 2.87 bits per heavy atom. The van der Waals surface area contributed by atoms with Crippen molar-refractivity contribution in [2.75, 3.05) is 23.7 Å². The molecule has 0 bridgehead atoms. The lowest BCUT2D eigenvalue weighted by Crippen LogP contribution is -2.25. The molecule has 5 heteroatoms. The van der Waals surface area contributed by atoms with Crippen molar-refractivity contribution in [3.8, 4) is 0 Å². The van der Waals surface area contributed by atoms with Gasteiger partial charge in [0.15, 0.2) is 0 Å². The quantitative estimate of drug-likeness (QED) is 0.711. The number of pyridine rings is 1. The van der Waals surface area contributed by atoms with E-state index in [1.165, 1.54) is 0 Å². The molecule has 1 aromatic rings. The lowest BCUT2D eigenvalue weighted by Gasteiger charge is -2.15. The van der Waals surface area contributed by atoms with Crippen LogP contribution in [0.3, 0.4) is 0 Å². The zero-order valence-electron chi connectivity index (χ0n) is 8.39. The second-order valence-corrected chi connectivity index (χ2v) is 3.75. The van der Waals surface area contributed by atoms with Gasteiger partial charge in [-0.3, -0.25) is 4.79 Å². The molecule has 1 aromatic heterocycles. The van der Waals surface area contributed by atoms with Crippen LogP contribution in [0.4, 0.5) is 11.5 Å². The van der Waals surface area contributed by atoms with Crippen LogP contribution in [-0.2, 0) is 4.79 Å². The van der Waals surface area contributed by atoms with Crippen LogP contribution >= 0.6 is 0 Å². The molecule has 1 saturated heterocycles. The molecule has 80 valence electrons. The SMILES string of the molecule is NCC1CC(=O)N(c2ccc(N)nc2)C1. The lowest BCUT2D eigenvalue weighted by molar-refractivity contribution is -0.117. The fourth-order valence-electron chi connectivity index (χ4n) is 1.75. The van der Waals surface area contributed by atoms with E-state index in [-0.39, 0.29) is 11.8 Å². The maximum absolute atomic E-state index is 11.6. The van der Waals surface area contributed by atoms with Gasteiger partial charge in [0.1, 0.15) is 5.82 Å². The van der Waals surface area contributed by atoms with Gasteiger partial charge in [-0.1, -0.05) is 0 Å². The van der Waals surface area contributed by atoms with Gasteiger partial charge in [0.05, 0.1) is 11.9 Å². The van der Waals surface area contributed by atoms with Crippen molar-refractivity contribution < 1.29 is 4.79 Å². The van der Waals surface area contributed by atoms with Crippen molar-refractivity contribution in [3.05, 3.63) is 18.3 Å². The molecule has 1 unspecified atom stereocenters. The normalized spacial score (nSPS) is 21.0. The van der Waals surface area contributed by atoms with Crippen LogP contribution in [0.15, 0.2) is 18.3 Å². The van der Waals surface area contributed by atoms with E-state index in [1.54, 1.807) is 23.2 Å². The number of carbonyl (C=O) groups excluding carboxylic acids is 1. The summed E-state index contributed by atoms with van der Waals surface area (Å²) >= 11 is 0. The Balaban J connectivity index is 2.18. The molecular weight excluding hydrogens is 192 g/mol. The van der Waals surface area contributed by atoms with Gasteiger partial charge in [-0.15, -0.1) is 0 Å². The fraction of sp³-hybridized carbons (Fsp3) is 0.400. The van der Waals surface area contributed by atoms with Gasteiger partial charge in [0, 0.05) is 13.0 Å². The number of nitrogens with zero attached hydrogens (tertiary/aromatic N) is 2. The highest BCUT2D eigenvalue weighted by molar-refractivity contribution is 5.95. The number of anilines is 2. The first-order chi connectivity index (χ1) is 7.20. The van der Waals surface area contributed by atoms with Crippen molar-refractivity contribution in [1.82, 2.24) is 4.98 Å². The topological polar surface area (TPSA) is 85.2 Å². The van der Waals surface area contributed by atoms with E-state index in [0.717, 1.165) is 5.69 Å². The summed E-state index contributed by atoms with van der Waals surface area (Å²) in [5.74, 6) is 0.827. The number of nitrogen functional groups attached to an aromatic ring is 1. The molecule has 1 atom stereocenters. The standard InChI is InChI=1S/C10H14N4O/c11-4-7-3-10(15)14(6-7)8-1-2-9(12)13-5-8/h1-2,5,7H,3-4,6,11H2,(H2,12,13). The summed E-state index contributed by atoms with van der Waals surface area (Å²) in [5, 5.41) is 0. The molecule has 15 heavy (non-hydrogen) atoms. The van der Waals surface area contributed by atoms with Crippen molar-refractivity contribution in [1.29, 1.82) is 0 Å². The van der Waals surface area contributed by atoms with Crippen molar-refractivity contribution in [2.24, 2.45) is 11.7 Å². The van der Waals surface area contributed by atoms with Gasteiger partial charge in [0.2, 0.25) is 5.91 Å². The van der Waals surface area contributed by atoms with Crippen LogP contribution in [0.5, 0.6) is 0 Å². The number of hydrogen-bond acceptors (Lipinski definition) is 4. The Bertz CT molecular complexity index is 362. The highest BCUT2D eigenvalue weighted by atomic mass is 16.2. The van der Waals surface area contributed by atoms with E-state index in [1.807, 2.05) is 0 Å². The summed E-state index contributed by atoms with van der Waals surface area (Å²) < 4.78 is 0. The number of rotatable bonds is 2. The molecular formula is C10H14N4O. The van der Waals surface area contributed by atoms with Crippen LogP contribution in [0, 0.1) is 5.92 Å². The highest BCUT2D eigenvalue weighted by Gasteiger charge is 2.29. The number of hydrogen-bond donors (Lipinski definition) is 2. The van der Waals surface area contributed by atoms with E-state index in [0.29, 0.717) is 25.3 Å². The molecule has 0 aromatic carbocycles. The molecule has 0 aliphatic carbocycles. The Hall–Kier alpha value is -1.62. The van der Waals surface area contributed by atoms with Gasteiger partial charge in [-0.25, -0.2) is 4.98 Å². The Labute approximate surface area is 88.1 Å². The van der Waals surface area contributed by atoms with Crippen LogP contribution in [0.25, 0.3) is 0 Å². The zero-order chi connectivity index (χ0) is 10.8. The maximum atomic E-state index is 11.6. The highest BCUT2D eigenvalue weighted by Crippen LogP contribution is 2.23. The van der Waals surface area contributed by atoms with Crippen LogP contribution in [-0.4, -0.2) is 24.0 Å². The molecule has 0 radical (unpaired) electrons. The van der Waals surface area contributed by atoms with E-state index < -0.39 is 0 Å². The molecule has 1 amide bonds. The van der Waals surface area contributed by atoms with Gasteiger partial charge in [0.25, 0.3) is 0 Å². The number of aromatic nitrogens is 1. The molecule has 0 spiro atoms. The Kier molecular flexibility index (Phi) is 2.55. The molecule has 5 nitrogen and oxygen atoms in total. The third-order valence-corrected chi connectivity index (χ3v) is 2.62. The van der Waals surface area contributed by atoms with Crippen LogP contribution in [0.1, 0.15) is 6.42 Å². The van der Waals surface area contributed by atoms with E-state index in [9.17, 15) is 4.79 Å². The summed E-state index contributed by atoms with van der Waals surface area (Å²) in [6, 6.07) is 3.50. The lowest BCUT2D eigenvalue weighted by atomic mass is 10.1. The predicted molar refractivity (Wildman–Crippen MR) is 58.2 cm³/mol. The summed E-state index contributed by atoms with van der Waals surface area (Å²) in [6.45, 7) is 1.23. The first-order valence-electron chi connectivity index (χ1n) is 4.92. The second kappa shape index (κ2) is 3.86. The average Bonchev–Trinajstić information content (AvgIpc) is 2.61. The number of amides is 1. The van der Waals surface area contributed by atoms with E-state index in [4.69, 9.17) is 11.5 Å². The van der Waals surface area contributed by atoms with Gasteiger partial charge >= 0.3 is 0 Å². The van der Waals surface area contributed by atoms with Gasteiger partial charge in [-0.05, 0) is 24.6 Å². The molecule has 2 heterocycles. The smallest absolute Gasteiger partial charge is 0.227 e. The molecule has 1 aliphatic rings. The summed E-state index contributed by atoms with van der Waals surface area (Å²) in [4.78, 5) is 17.3. The van der Waals surface area contributed by atoms with Crippen LogP contribution < -0.4 is 16.4 Å². The Morgan fingerprint density at radius 2 is 2.33 bits per heavy atom. The second-order valence-electron chi connectivity index (χ2n) is 3.75. The largest absolute Gasteiger partial charge is 0.384 e. The average molecular weight is 206 g/mol. The molecule has 4 N–H and O–H groups in total. The molecule has 2 rings (SSSR count). The summed E-state index contributed by atoms with van der Waals surface area (Å²) in [7, 11) is 0. The third kappa shape index (κ3) is 1.92. The van der Waals surface area contributed by atoms with Crippen molar-refractivity contribution in [2.45, 2.75) is 6.42 Å². The van der Waals surface area contributed by atoms with Gasteiger partial charge in [-0.2, -0.15) is 0 Å². The molecule has 0 saturated carbocycles. The van der Waals surface area contributed by atoms with Crippen molar-refractivity contribution in [3.63, 3.8) is 0 Å². The minimum atomic E-state index is 0.108. The van der Waals surface area contributed by atoms with Crippen molar-refractivity contribution >= 4 is 17.4 Å². The minimum absolute atomic E-state index is 0.108. The Morgan fingerprint density at radius 1 is 1.53 bits per heavy atom. The van der Waals surface area contributed by atoms with E-state index in [2.05, 4.69) is 4.98 Å². The summed E-state index contributed by atoms with van der Waals surface area (Å²) in [6.07, 6.45) is 2.15. The number of carbonyl (C=O) groups is 1. The molecule has 1 aliphatic heterocycles. The van der Waals surface area contributed by atoms with E-state index >= 15 is 0 Å². The predicted octanol–water partition coefficient (Wildman–Crippen LogP) is -0.0246. The van der Waals surface area contributed by atoms with Crippen LogP contribution in [0.2, 0.25) is 0 Å². The first kappa shape index (κ1) is 9.92. The van der Waals surface area contributed by atoms with Gasteiger partial charge < -0.3 is 16.4 Å².